The van der Waals surface area contributed by atoms with Crippen LogP contribution in [0.1, 0.15) is 17.1 Å². The molecule has 30 heavy (non-hydrogen) atoms. The minimum Gasteiger partial charge on any atom is -0.464 e. The van der Waals surface area contributed by atoms with Crippen molar-refractivity contribution in [2.45, 2.75) is 18.1 Å². The summed E-state index contributed by atoms with van der Waals surface area (Å²) < 4.78 is 5.78. The average Bonchev–Trinajstić information content (AvgIpc) is 3.14. The fourth-order valence-corrected chi connectivity index (χ4v) is 4.06. The van der Waals surface area contributed by atoms with E-state index in [4.69, 9.17) is 4.42 Å². The molecule has 164 valence electrons. The first kappa shape index (κ1) is 24.2. The Morgan fingerprint density at radius 1 is 1.23 bits per heavy atom. The molecule has 10 heteroatoms. The van der Waals surface area contributed by atoms with E-state index in [2.05, 4.69) is 20.2 Å². The zero-order valence-corrected chi connectivity index (χ0v) is 19.1. The Labute approximate surface area is 186 Å². The molecule has 2 heterocycles. The zero-order chi connectivity index (χ0) is 21.6. The molecule has 0 aromatic carbocycles. The highest BCUT2D eigenvalue weighted by Crippen LogP contribution is 2.16. The lowest BCUT2D eigenvalue weighted by atomic mass is 10.3. The fourth-order valence-electron chi connectivity index (χ4n) is 2.54. The molecule has 0 atom stereocenters. The van der Waals surface area contributed by atoms with Crippen molar-refractivity contribution in [1.29, 1.82) is 0 Å². The number of pyridine rings is 1. The third-order valence-electron chi connectivity index (χ3n) is 3.82. The second-order valence-corrected chi connectivity index (χ2v) is 9.03. The molecule has 8 nitrogen and oxygen atoms in total. The Morgan fingerprint density at radius 3 is 2.77 bits per heavy atom. The summed E-state index contributed by atoms with van der Waals surface area (Å²) in [4.78, 5) is 21.1. The molecule has 0 saturated carbocycles. The summed E-state index contributed by atoms with van der Waals surface area (Å²) in [6.07, 6.45) is 3.61. The maximum Gasteiger partial charge on any atom is 0.259 e. The first-order valence-corrected chi connectivity index (χ1v) is 12.0. The number of rotatable bonds is 14. The molecule has 0 bridgehead atoms. The second kappa shape index (κ2) is 14.1. The monoisotopic (exact) mass is 451 g/mol. The quantitative estimate of drug-likeness (QED) is 0.154. The van der Waals surface area contributed by atoms with E-state index in [1.807, 2.05) is 44.6 Å². The number of aromatic nitrogens is 1. The van der Waals surface area contributed by atoms with Gasteiger partial charge in [0.15, 0.2) is 5.84 Å². The number of hydrogen-bond acceptors (Lipinski definition) is 8. The van der Waals surface area contributed by atoms with Crippen molar-refractivity contribution in [1.82, 2.24) is 15.2 Å². The normalized spacial score (nSPS) is 11.8. The molecule has 2 aromatic heterocycles. The third kappa shape index (κ3) is 10.7. The molecule has 0 radical (unpaired) electrons. The largest absolute Gasteiger partial charge is 0.464 e. The SMILES string of the molecule is CN(C)Cc1ccc(CSCCN=C(C[N+](=O)[O-])NCCSCc2cccnc2)o1. The van der Waals surface area contributed by atoms with Crippen LogP contribution in [0.4, 0.5) is 0 Å². The number of thioether (sulfide) groups is 2. The van der Waals surface area contributed by atoms with E-state index < -0.39 is 0 Å². The van der Waals surface area contributed by atoms with Crippen LogP contribution >= 0.6 is 23.5 Å². The summed E-state index contributed by atoms with van der Waals surface area (Å²) in [7, 11) is 4.01. The van der Waals surface area contributed by atoms with Gasteiger partial charge < -0.3 is 14.6 Å². The summed E-state index contributed by atoms with van der Waals surface area (Å²) in [6, 6.07) is 7.95. The zero-order valence-electron chi connectivity index (χ0n) is 17.5. The van der Waals surface area contributed by atoms with Crippen molar-refractivity contribution in [3.63, 3.8) is 0 Å². The van der Waals surface area contributed by atoms with Gasteiger partial charge in [0.25, 0.3) is 6.54 Å². The summed E-state index contributed by atoms with van der Waals surface area (Å²) in [5.74, 6) is 5.59. The van der Waals surface area contributed by atoms with Crippen molar-refractivity contribution in [3.8, 4) is 0 Å². The minimum absolute atomic E-state index is 0.274. The molecular weight excluding hydrogens is 422 g/mol. The summed E-state index contributed by atoms with van der Waals surface area (Å²) in [6.45, 7) is 1.69. The standard InChI is InChI=1S/C20H29N5O3S2/c1-24(2)13-18-5-6-19(28-18)16-30-11-9-23-20(14-25(26)27)22-8-10-29-15-17-4-3-7-21-12-17/h3-7,12H,8-11,13-16H2,1-2H3,(H,22,23). The molecule has 2 rings (SSSR count). The predicted molar refractivity (Wildman–Crippen MR) is 125 cm³/mol. The molecular formula is C20H29N5O3S2. The van der Waals surface area contributed by atoms with Crippen molar-refractivity contribution in [2.24, 2.45) is 4.99 Å². The maximum atomic E-state index is 10.9. The molecule has 0 fully saturated rings. The van der Waals surface area contributed by atoms with Crippen molar-refractivity contribution in [3.05, 3.63) is 63.9 Å². The van der Waals surface area contributed by atoms with E-state index in [0.29, 0.717) is 18.9 Å². The van der Waals surface area contributed by atoms with Crippen LogP contribution in [-0.2, 0) is 18.1 Å². The first-order chi connectivity index (χ1) is 14.5. The molecule has 2 aromatic rings. The highest BCUT2D eigenvalue weighted by molar-refractivity contribution is 7.98. The van der Waals surface area contributed by atoms with Gasteiger partial charge in [0.2, 0.25) is 0 Å². The van der Waals surface area contributed by atoms with Gasteiger partial charge in [0.1, 0.15) is 11.5 Å². The Kier molecular flexibility index (Phi) is 11.3. The van der Waals surface area contributed by atoms with E-state index >= 15 is 0 Å². The number of aliphatic imine (C=N–C) groups is 1. The van der Waals surface area contributed by atoms with Gasteiger partial charge in [-0.15, -0.1) is 0 Å². The average molecular weight is 452 g/mol. The van der Waals surface area contributed by atoms with Crippen LogP contribution in [0, 0.1) is 10.1 Å². The van der Waals surface area contributed by atoms with E-state index in [1.54, 1.807) is 29.7 Å². The van der Waals surface area contributed by atoms with E-state index in [-0.39, 0.29) is 11.5 Å². The molecule has 0 aliphatic heterocycles. The minimum atomic E-state index is -0.350. The summed E-state index contributed by atoms with van der Waals surface area (Å²) in [5, 5.41) is 14.0. The Bertz CT molecular complexity index is 784. The van der Waals surface area contributed by atoms with Crippen molar-refractivity contribution < 1.29 is 9.34 Å². The van der Waals surface area contributed by atoms with E-state index in [0.717, 1.165) is 41.1 Å². The molecule has 0 saturated heterocycles. The van der Waals surface area contributed by atoms with Crippen LogP contribution in [0.15, 0.2) is 46.1 Å². The highest BCUT2D eigenvalue weighted by atomic mass is 32.2. The van der Waals surface area contributed by atoms with E-state index in [1.165, 1.54) is 5.56 Å². The lowest BCUT2D eigenvalue weighted by Crippen LogP contribution is -2.32. The third-order valence-corrected chi connectivity index (χ3v) is 5.81. The number of nitro groups is 1. The summed E-state index contributed by atoms with van der Waals surface area (Å²) in [5.41, 5.74) is 1.17. The predicted octanol–water partition coefficient (Wildman–Crippen LogP) is 3.17. The number of nitrogens with one attached hydrogen (secondary N) is 1. The summed E-state index contributed by atoms with van der Waals surface area (Å²) >= 11 is 3.46. The maximum absolute atomic E-state index is 10.9. The van der Waals surface area contributed by atoms with Crippen LogP contribution in [0.2, 0.25) is 0 Å². The Morgan fingerprint density at radius 2 is 2.03 bits per heavy atom. The number of nitrogens with zero attached hydrogens (tertiary/aromatic N) is 4. The molecule has 0 aliphatic rings. The van der Waals surface area contributed by atoms with Gasteiger partial charge in [-0.3, -0.25) is 20.1 Å². The molecule has 0 aliphatic carbocycles. The number of amidine groups is 1. The van der Waals surface area contributed by atoms with Gasteiger partial charge in [0.05, 0.1) is 18.8 Å². The lowest BCUT2D eigenvalue weighted by Gasteiger charge is -2.07. The molecule has 0 spiro atoms. The fraction of sp³-hybridized carbons (Fsp3) is 0.500. The molecule has 0 amide bonds. The van der Waals surface area contributed by atoms with Crippen LogP contribution in [0.25, 0.3) is 0 Å². The smallest absolute Gasteiger partial charge is 0.259 e. The Hall–Kier alpha value is -2.04. The van der Waals surface area contributed by atoms with Crippen molar-refractivity contribution >= 4 is 29.4 Å². The van der Waals surface area contributed by atoms with Gasteiger partial charge >= 0.3 is 0 Å². The first-order valence-electron chi connectivity index (χ1n) is 9.68. The van der Waals surface area contributed by atoms with Gasteiger partial charge in [-0.1, -0.05) is 6.07 Å². The molecule has 0 unspecified atom stereocenters. The molecule has 1 N–H and O–H groups in total. The van der Waals surface area contributed by atoms with Crippen LogP contribution in [-0.4, -0.2) is 65.9 Å². The van der Waals surface area contributed by atoms with Crippen molar-refractivity contribution in [2.75, 3.05) is 45.2 Å². The number of hydrogen-bond donors (Lipinski definition) is 1. The van der Waals surface area contributed by atoms with Gasteiger partial charge in [-0.25, -0.2) is 0 Å². The number of furan rings is 1. The lowest BCUT2D eigenvalue weighted by molar-refractivity contribution is -0.463. The topological polar surface area (TPSA) is 96.8 Å². The second-order valence-electron chi connectivity index (χ2n) is 6.82. The van der Waals surface area contributed by atoms with Gasteiger partial charge in [-0.2, -0.15) is 23.5 Å². The highest BCUT2D eigenvalue weighted by Gasteiger charge is 2.07. The van der Waals surface area contributed by atoms with Gasteiger partial charge in [-0.05, 0) is 37.9 Å². The van der Waals surface area contributed by atoms with Crippen LogP contribution < -0.4 is 5.32 Å². The van der Waals surface area contributed by atoms with Crippen LogP contribution in [0.5, 0.6) is 0 Å². The van der Waals surface area contributed by atoms with E-state index in [9.17, 15) is 10.1 Å². The van der Waals surface area contributed by atoms with Gasteiger partial charge in [0, 0.05) is 41.1 Å². The Balaban J connectivity index is 1.64. The van der Waals surface area contributed by atoms with Crippen LogP contribution in [0.3, 0.4) is 0 Å².